The Balaban J connectivity index is 4.49. The van der Waals surface area contributed by atoms with E-state index in [2.05, 4.69) is 47.3 Å². The Hall–Kier alpha value is -0.113. The third kappa shape index (κ3) is 5.19. The molecule has 0 aromatic heterocycles. The van der Waals surface area contributed by atoms with E-state index in [9.17, 15) is 0 Å². The second kappa shape index (κ2) is 3.09. The Bertz CT molecular complexity index is 157. The van der Waals surface area contributed by atoms with Gasteiger partial charge in [-0.3, -0.25) is 0 Å². The van der Waals surface area contributed by atoms with Crippen LogP contribution < -0.4 is 0 Å². The summed E-state index contributed by atoms with van der Waals surface area (Å²) in [5, 5.41) is 0. The van der Waals surface area contributed by atoms with Gasteiger partial charge >= 0.3 is 0 Å². The molecule has 0 aliphatic heterocycles. The maximum absolute atomic E-state index is 4.74. The van der Waals surface area contributed by atoms with Crippen LogP contribution in [0, 0.1) is 5.41 Å². The van der Waals surface area contributed by atoms with Crippen LogP contribution in [0.5, 0.6) is 0 Å². The zero-order valence-electron chi connectivity index (χ0n) is 8.95. The molecule has 0 N–H and O–H groups in total. The molecule has 0 aromatic carbocycles. The van der Waals surface area contributed by atoms with Crippen LogP contribution in [0.3, 0.4) is 0 Å². The molecule has 0 rings (SSSR count). The summed E-state index contributed by atoms with van der Waals surface area (Å²) in [6, 6.07) is 0. The highest BCUT2D eigenvalue weighted by Crippen LogP contribution is 2.18. The molecule has 0 spiro atoms. The van der Waals surface area contributed by atoms with Gasteiger partial charge in [0.05, 0.1) is 0 Å². The lowest BCUT2D eigenvalue weighted by Crippen LogP contribution is -2.25. The lowest BCUT2D eigenvalue weighted by atomic mass is 9.91. The largest absolute Gasteiger partial charge is 0.330 e. The van der Waals surface area contributed by atoms with Gasteiger partial charge in [0.2, 0.25) is 0 Å². The maximum atomic E-state index is 4.74. The molecule has 0 amide bonds. The first kappa shape index (κ1) is 10.9. The minimum atomic E-state index is -1.24. The quantitative estimate of drug-likeness (QED) is 0.424. The highest BCUT2D eigenvalue weighted by molar-refractivity contribution is 6.75. The van der Waals surface area contributed by atoms with Crippen molar-refractivity contribution in [3.05, 3.63) is 0 Å². The molecule has 0 heterocycles. The van der Waals surface area contributed by atoms with Crippen LogP contribution in [-0.4, -0.2) is 13.9 Å². The van der Waals surface area contributed by atoms with Gasteiger partial charge in [-0.15, -0.1) is 0 Å². The van der Waals surface area contributed by atoms with E-state index in [4.69, 9.17) is 4.66 Å². The smallest absolute Gasteiger partial charge is 0.172 e. The summed E-state index contributed by atoms with van der Waals surface area (Å²) in [6.07, 6.45) is 0. The van der Waals surface area contributed by atoms with Crippen LogP contribution in [0.25, 0.3) is 0 Å². The molecular weight excluding hydrogens is 150 g/mol. The van der Waals surface area contributed by atoms with Crippen LogP contribution in [0.4, 0.5) is 0 Å². The first-order chi connectivity index (χ1) is 4.63. The molecule has 11 heavy (non-hydrogen) atoms. The average Bonchev–Trinajstić information content (AvgIpc) is 1.56. The van der Waals surface area contributed by atoms with Gasteiger partial charge < -0.3 is 4.66 Å². The summed E-state index contributed by atoms with van der Waals surface area (Å²) in [7, 11) is -1.24. The summed E-state index contributed by atoms with van der Waals surface area (Å²) in [5.74, 6) is 0. The predicted molar refractivity (Wildman–Crippen MR) is 55.9 cm³/mol. The molecule has 0 bridgehead atoms. The van der Waals surface area contributed by atoms with Gasteiger partial charge in [-0.1, -0.05) is 20.8 Å². The monoisotopic (exact) mass is 171 g/mol. The number of nitrogens with zero attached hydrogens (tertiary/aromatic N) is 1. The van der Waals surface area contributed by atoms with E-state index in [0.29, 0.717) is 0 Å². The van der Waals surface area contributed by atoms with Crippen LogP contribution in [0.2, 0.25) is 19.6 Å². The van der Waals surface area contributed by atoms with Crippen molar-refractivity contribution in [3.63, 3.8) is 0 Å². The third-order valence-corrected chi connectivity index (χ3v) is 2.59. The molecule has 0 unspecified atom stereocenters. The highest BCUT2D eigenvalue weighted by atomic mass is 28.3. The van der Waals surface area contributed by atoms with Gasteiger partial charge in [0.25, 0.3) is 0 Å². The van der Waals surface area contributed by atoms with Crippen molar-refractivity contribution in [2.24, 2.45) is 10.1 Å². The van der Waals surface area contributed by atoms with Crippen LogP contribution >= 0.6 is 0 Å². The Morgan fingerprint density at radius 2 is 1.45 bits per heavy atom. The van der Waals surface area contributed by atoms with Crippen LogP contribution in [0.1, 0.15) is 27.7 Å². The van der Waals surface area contributed by atoms with Gasteiger partial charge in [-0.25, -0.2) is 0 Å². The summed E-state index contributed by atoms with van der Waals surface area (Å²) in [5.41, 5.74) is 1.54. The van der Waals surface area contributed by atoms with Gasteiger partial charge in [-0.2, -0.15) is 0 Å². The van der Waals surface area contributed by atoms with Gasteiger partial charge in [0.15, 0.2) is 8.24 Å². The average molecular weight is 171 g/mol. The Labute approximate surface area is 72.0 Å². The topological polar surface area (TPSA) is 12.4 Å². The summed E-state index contributed by atoms with van der Waals surface area (Å²) in [4.78, 5) is 0. The molecular formula is C9H21NSi. The van der Waals surface area contributed by atoms with E-state index in [0.717, 1.165) is 0 Å². The third-order valence-electron chi connectivity index (χ3n) is 1.59. The second-order valence-electron chi connectivity index (χ2n) is 5.12. The predicted octanol–water partition coefficient (Wildman–Crippen LogP) is 3.33. The molecule has 0 radical (unpaired) electrons. The van der Waals surface area contributed by atoms with Gasteiger partial charge in [0, 0.05) is 5.71 Å². The SMILES string of the molecule is C/C(=N\[Si](C)(C)C)C(C)(C)C. The summed E-state index contributed by atoms with van der Waals surface area (Å²) < 4.78 is 4.74. The normalized spacial score (nSPS) is 15.4. The lowest BCUT2D eigenvalue weighted by Gasteiger charge is -2.22. The number of hydrogen-bond acceptors (Lipinski definition) is 1. The first-order valence-electron chi connectivity index (χ1n) is 4.20. The van der Waals surface area contributed by atoms with Crippen molar-refractivity contribution in [1.29, 1.82) is 0 Å². The first-order valence-corrected chi connectivity index (χ1v) is 7.64. The highest BCUT2D eigenvalue weighted by Gasteiger charge is 2.18. The fourth-order valence-electron chi connectivity index (χ4n) is 0.671. The van der Waals surface area contributed by atoms with Crippen molar-refractivity contribution in [2.75, 3.05) is 0 Å². The molecule has 0 aliphatic rings. The molecule has 0 aromatic rings. The standard InChI is InChI=1S/C9H21NSi/c1-8(9(2,3)4)10-11(5,6)7/h1-7H3/b10-8+. The van der Waals surface area contributed by atoms with E-state index in [-0.39, 0.29) is 5.41 Å². The van der Waals surface area contributed by atoms with Crippen molar-refractivity contribution < 1.29 is 0 Å². The molecule has 0 saturated carbocycles. The second-order valence-corrected chi connectivity index (χ2v) is 9.68. The number of rotatable bonds is 1. The zero-order valence-corrected chi connectivity index (χ0v) is 9.95. The van der Waals surface area contributed by atoms with Gasteiger partial charge in [-0.05, 0) is 32.0 Å². The maximum Gasteiger partial charge on any atom is 0.172 e. The molecule has 0 saturated heterocycles. The van der Waals surface area contributed by atoms with Crippen molar-refractivity contribution in [2.45, 2.75) is 47.3 Å². The van der Waals surface area contributed by atoms with Crippen molar-refractivity contribution in [1.82, 2.24) is 0 Å². The molecule has 0 fully saturated rings. The molecule has 66 valence electrons. The minimum absolute atomic E-state index is 0.250. The number of hydrogen-bond donors (Lipinski definition) is 0. The Morgan fingerprint density at radius 3 is 1.55 bits per heavy atom. The fraction of sp³-hybridized carbons (Fsp3) is 0.889. The fourth-order valence-corrected chi connectivity index (χ4v) is 2.01. The van der Waals surface area contributed by atoms with Crippen molar-refractivity contribution in [3.8, 4) is 0 Å². The van der Waals surface area contributed by atoms with E-state index >= 15 is 0 Å². The van der Waals surface area contributed by atoms with E-state index in [1.807, 2.05) is 0 Å². The lowest BCUT2D eigenvalue weighted by molar-refractivity contribution is 0.589. The molecule has 2 heteroatoms. The van der Waals surface area contributed by atoms with Gasteiger partial charge in [0.1, 0.15) is 0 Å². The summed E-state index contributed by atoms with van der Waals surface area (Å²) in [6.45, 7) is 15.6. The Kier molecular flexibility index (Phi) is 3.06. The van der Waals surface area contributed by atoms with Crippen LogP contribution in [-0.2, 0) is 0 Å². The Morgan fingerprint density at radius 1 is 1.09 bits per heavy atom. The zero-order chi connectivity index (χ0) is 9.28. The molecule has 0 atom stereocenters. The molecule has 0 aliphatic carbocycles. The molecule has 1 nitrogen and oxygen atoms in total. The minimum Gasteiger partial charge on any atom is -0.330 e. The van der Waals surface area contributed by atoms with E-state index in [1.54, 1.807) is 0 Å². The van der Waals surface area contributed by atoms with E-state index < -0.39 is 8.24 Å². The van der Waals surface area contributed by atoms with E-state index in [1.165, 1.54) is 5.71 Å². The summed E-state index contributed by atoms with van der Waals surface area (Å²) >= 11 is 0. The van der Waals surface area contributed by atoms with Crippen molar-refractivity contribution >= 4 is 13.9 Å². The van der Waals surface area contributed by atoms with Crippen LogP contribution in [0.15, 0.2) is 4.66 Å².